The predicted octanol–water partition coefficient (Wildman–Crippen LogP) is 3.53. The molecule has 3 aromatic rings. The monoisotopic (exact) mass is 410 g/mol. The van der Waals surface area contributed by atoms with Gasteiger partial charge in [0.1, 0.15) is 11.6 Å². The summed E-state index contributed by atoms with van der Waals surface area (Å²) in [6.07, 6.45) is 1.58. The molecule has 1 aliphatic heterocycles. The van der Waals surface area contributed by atoms with Crippen molar-refractivity contribution in [2.45, 2.75) is 25.4 Å². The van der Waals surface area contributed by atoms with Crippen LogP contribution in [0, 0.1) is 5.82 Å². The van der Waals surface area contributed by atoms with Gasteiger partial charge in [-0.2, -0.15) is 4.98 Å². The molecule has 1 fully saturated rings. The lowest BCUT2D eigenvalue weighted by Crippen LogP contribution is -2.39. The van der Waals surface area contributed by atoms with E-state index in [9.17, 15) is 9.18 Å². The molecule has 0 saturated carbocycles. The van der Waals surface area contributed by atoms with E-state index in [1.165, 1.54) is 29.8 Å². The second-order valence-corrected chi connectivity index (χ2v) is 7.19. The molecule has 0 aliphatic carbocycles. The molecular weight excluding hydrogens is 387 g/mol. The first-order valence-corrected chi connectivity index (χ1v) is 9.95. The van der Waals surface area contributed by atoms with E-state index in [0.717, 1.165) is 12.8 Å². The fraction of sp³-hybridized carbons (Fsp3) is 0.318. The normalized spacial score (nSPS) is 15.9. The number of carbonyl (C=O) groups excluding carboxylic acids is 1. The van der Waals surface area contributed by atoms with Gasteiger partial charge in [0.15, 0.2) is 12.4 Å². The maximum absolute atomic E-state index is 12.9. The Morgan fingerprint density at radius 1 is 1.20 bits per heavy atom. The zero-order valence-electron chi connectivity index (χ0n) is 16.5. The van der Waals surface area contributed by atoms with Crippen LogP contribution in [-0.4, -0.2) is 40.7 Å². The third-order valence-corrected chi connectivity index (χ3v) is 5.03. The third kappa shape index (κ3) is 5.14. The molecule has 8 heteroatoms. The van der Waals surface area contributed by atoms with Crippen molar-refractivity contribution >= 4 is 6.03 Å². The summed E-state index contributed by atoms with van der Waals surface area (Å²) < 4.78 is 23.7. The Morgan fingerprint density at radius 2 is 2.00 bits per heavy atom. The number of nitrogens with zero attached hydrogens (tertiary/aromatic N) is 3. The van der Waals surface area contributed by atoms with Crippen LogP contribution < -0.4 is 10.1 Å². The lowest BCUT2D eigenvalue weighted by molar-refractivity contribution is 0.208. The van der Waals surface area contributed by atoms with E-state index in [4.69, 9.17) is 9.26 Å². The summed E-state index contributed by atoms with van der Waals surface area (Å²) in [5.74, 6) is 1.16. The highest BCUT2D eigenvalue weighted by molar-refractivity contribution is 5.74. The molecule has 1 atom stereocenters. The van der Waals surface area contributed by atoms with E-state index in [2.05, 4.69) is 15.5 Å². The van der Waals surface area contributed by atoms with E-state index in [1.54, 1.807) is 4.90 Å². The summed E-state index contributed by atoms with van der Waals surface area (Å²) >= 11 is 0. The Kier molecular flexibility index (Phi) is 6.22. The SMILES string of the molecule is O=C(NCCc1ccccc1)N1CCC(c2noc(COc3ccc(F)cc3)n2)C1. The van der Waals surface area contributed by atoms with Crippen LogP contribution in [0.2, 0.25) is 0 Å². The van der Waals surface area contributed by atoms with Gasteiger partial charge in [-0.15, -0.1) is 0 Å². The van der Waals surface area contributed by atoms with Gasteiger partial charge >= 0.3 is 6.03 Å². The number of rotatable bonds is 7. The Bertz CT molecular complexity index is 962. The van der Waals surface area contributed by atoms with Crippen LogP contribution in [0.1, 0.15) is 29.6 Å². The van der Waals surface area contributed by atoms with E-state index in [-0.39, 0.29) is 24.4 Å². The Hall–Kier alpha value is -3.42. The molecule has 30 heavy (non-hydrogen) atoms. The zero-order valence-corrected chi connectivity index (χ0v) is 16.5. The van der Waals surface area contributed by atoms with Crippen LogP contribution in [0.4, 0.5) is 9.18 Å². The van der Waals surface area contributed by atoms with Crippen molar-refractivity contribution in [2.75, 3.05) is 19.6 Å². The number of hydrogen-bond acceptors (Lipinski definition) is 5. The standard InChI is InChI=1S/C22H23FN4O3/c23-18-6-8-19(9-7-18)29-15-20-25-21(26-30-20)17-11-13-27(14-17)22(28)24-12-10-16-4-2-1-3-5-16/h1-9,17H,10-15H2,(H,24,28). The van der Waals surface area contributed by atoms with Gasteiger partial charge in [0.05, 0.1) is 0 Å². The number of hydrogen-bond donors (Lipinski definition) is 1. The molecule has 156 valence electrons. The summed E-state index contributed by atoms with van der Waals surface area (Å²) in [5.41, 5.74) is 1.19. The summed E-state index contributed by atoms with van der Waals surface area (Å²) in [6, 6.07) is 15.7. The Balaban J connectivity index is 1.23. The van der Waals surface area contributed by atoms with E-state index in [0.29, 0.717) is 37.1 Å². The third-order valence-electron chi connectivity index (χ3n) is 5.03. The molecule has 1 unspecified atom stereocenters. The first kappa shape index (κ1) is 19.9. The van der Waals surface area contributed by atoms with Crippen LogP contribution in [0.3, 0.4) is 0 Å². The molecule has 4 rings (SSSR count). The fourth-order valence-electron chi connectivity index (χ4n) is 3.39. The number of halogens is 1. The molecule has 0 spiro atoms. The first-order chi connectivity index (χ1) is 14.7. The van der Waals surface area contributed by atoms with E-state index < -0.39 is 0 Å². The molecule has 2 amide bonds. The molecule has 1 aromatic heterocycles. The largest absolute Gasteiger partial charge is 0.484 e. The first-order valence-electron chi connectivity index (χ1n) is 9.95. The van der Waals surface area contributed by atoms with Gasteiger partial charge in [0.25, 0.3) is 5.89 Å². The lowest BCUT2D eigenvalue weighted by atomic mass is 10.1. The number of ether oxygens (including phenoxy) is 1. The van der Waals surface area contributed by atoms with Gasteiger partial charge in [-0.1, -0.05) is 35.5 Å². The summed E-state index contributed by atoms with van der Waals surface area (Å²) in [4.78, 5) is 18.6. The molecule has 1 saturated heterocycles. The van der Waals surface area contributed by atoms with Crippen LogP contribution in [-0.2, 0) is 13.0 Å². The van der Waals surface area contributed by atoms with Crippen molar-refractivity contribution in [3.8, 4) is 5.75 Å². The molecule has 1 N–H and O–H groups in total. The van der Waals surface area contributed by atoms with Gasteiger partial charge in [-0.05, 0) is 42.7 Å². The van der Waals surface area contributed by atoms with Crippen LogP contribution in [0.15, 0.2) is 59.1 Å². The van der Waals surface area contributed by atoms with Crippen molar-refractivity contribution < 1.29 is 18.4 Å². The van der Waals surface area contributed by atoms with Crippen molar-refractivity contribution in [2.24, 2.45) is 0 Å². The van der Waals surface area contributed by atoms with Crippen molar-refractivity contribution in [1.29, 1.82) is 0 Å². The van der Waals surface area contributed by atoms with Gasteiger partial charge in [0.2, 0.25) is 0 Å². The highest BCUT2D eigenvalue weighted by atomic mass is 19.1. The minimum absolute atomic E-state index is 0.0354. The molecule has 0 radical (unpaired) electrons. The number of benzene rings is 2. The highest BCUT2D eigenvalue weighted by Gasteiger charge is 2.30. The van der Waals surface area contributed by atoms with Gasteiger partial charge < -0.3 is 19.5 Å². The summed E-state index contributed by atoms with van der Waals surface area (Å²) in [7, 11) is 0. The maximum atomic E-state index is 12.9. The Morgan fingerprint density at radius 3 is 2.80 bits per heavy atom. The zero-order chi connectivity index (χ0) is 20.8. The second-order valence-electron chi connectivity index (χ2n) is 7.19. The maximum Gasteiger partial charge on any atom is 0.317 e. The number of carbonyl (C=O) groups is 1. The van der Waals surface area contributed by atoms with Crippen molar-refractivity contribution in [3.05, 3.63) is 77.7 Å². The molecule has 0 bridgehead atoms. The van der Waals surface area contributed by atoms with Crippen molar-refractivity contribution in [1.82, 2.24) is 20.4 Å². The van der Waals surface area contributed by atoms with Gasteiger partial charge in [0, 0.05) is 25.6 Å². The highest BCUT2D eigenvalue weighted by Crippen LogP contribution is 2.25. The van der Waals surface area contributed by atoms with E-state index >= 15 is 0 Å². The second kappa shape index (κ2) is 9.39. The minimum Gasteiger partial charge on any atom is -0.484 e. The molecule has 7 nitrogen and oxygen atoms in total. The smallest absolute Gasteiger partial charge is 0.317 e. The fourth-order valence-corrected chi connectivity index (χ4v) is 3.39. The lowest BCUT2D eigenvalue weighted by Gasteiger charge is -2.16. The van der Waals surface area contributed by atoms with E-state index in [1.807, 2.05) is 30.3 Å². The predicted molar refractivity (Wildman–Crippen MR) is 108 cm³/mol. The number of urea groups is 1. The number of aromatic nitrogens is 2. The quantitative estimate of drug-likeness (QED) is 0.645. The molecular formula is C22H23FN4O3. The van der Waals surface area contributed by atoms with Gasteiger partial charge in [-0.3, -0.25) is 0 Å². The van der Waals surface area contributed by atoms with Crippen molar-refractivity contribution in [3.63, 3.8) is 0 Å². The molecule has 2 aromatic carbocycles. The van der Waals surface area contributed by atoms with Crippen LogP contribution in [0.25, 0.3) is 0 Å². The number of likely N-dealkylation sites (tertiary alicyclic amines) is 1. The number of amides is 2. The molecule has 1 aliphatic rings. The average molecular weight is 410 g/mol. The van der Waals surface area contributed by atoms with Crippen LogP contribution in [0.5, 0.6) is 5.75 Å². The molecule has 2 heterocycles. The minimum atomic E-state index is -0.322. The summed E-state index contributed by atoms with van der Waals surface area (Å²) in [5, 5.41) is 7.00. The van der Waals surface area contributed by atoms with Crippen LogP contribution >= 0.6 is 0 Å². The topological polar surface area (TPSA) is 80.5 Å². The summed E-state index contributed by atoms with van der Waals surface area (Å²) in [6.45, 7) is 1.90. The van der Waals surface area contributed by atoms with Gasteiger partial charge in [-0.25, -0.2) is 9.18 Å². The average Bonchev–Trinajstić information content (AvgIpc) is 3.44. The Labute approximate surface area is 173 Å². The number of nitrogens with one attached hydrogen (secondary N) is 1.